The van der Waals surface area contributed by atoms with E-state index in [0.717, 1.165) is 5.69 Å². The Morgan fingerprint density at radius 2 is 1.84 bits per heavy atom. The SMILES string of the molecule is Cc1noc(C)c1S(=O)(=O)N1CCCC(C(=O)Nc2cc(C(C)(C)C)nn2C(C)(C)C)C1. The molecule has 9 nitrogen and oxygen atoms in total. The zero-order valence-corrected chi connectivity index (χ0v) is 21.1. The molecule has 0 radical (unpaired) electrons. The van der Waals surface area contributed by atoms with E-state index < -0.39 is 15.9 Å². The van der Waals surface area contributed by atoms with Crippen LogP contribution < -0.4 is 5.32 Å². The average Bonchev–Trinajstić information content (AvgIpc) is 3.25. The molecule has 0 aliphatic carbocycles. The fourth-order valence-electron chi connectivity index (χ4n) is 3.92. The Balaban J connectivity index is 1.83. The lowest BCUT2D eigenvalue weighted by molar-refractivity contribution is -0.120. The fourth-order valence-corrected chi connectivity index (χ4v) is 5.74. The fraction of sp³-hybridized carbons (Fsp3) is 0.682. The molecule has 0 spiro atoms. The standard InChI is InChI=1S/C22H35N5O4S/c1-14-19(15(2)31-25-14)32(29,30)26-11-9-10-16(13-26)20(28)23-18-12-17(21(3,4)5)24-27(18)22(6,7)8/h12,16H,9-11,13H2,1-8H3,(H,23,28). The highest BCUT2D eigenvalue weighted by atomic mass is 32.2. The van der Waals surface area contributed by atoms with Crippen LogP contribution in [0.1, 0.15) is 71.5 Å². The van der Waals surface area contributed by atoms with Crippen LogP contribution in [0.3, 0.4) is 0 Å². The van der Waals surface area contributed by atoms with Crippen LogP contribution in [0.25, 0.3) is 0 Å². The molecule has 0 aromatic carbocycles. The van der Waals surface area contributed by atoms with Crippen LogP contribution in [-0.2, 0) is 25.8 Å². The summed E-state index contributed by atoms with van der Waals surface area (Å²) in [5, 5.41) is 11.5. The zero-order chi connectivity index (χ0) is 24.1. The van der Waals surface area contributed by atoms with Crippen LogP contribution in [0, 0.1) is 19.8 Å². The van der Waals surface area contributed by atoms with Crippen molar-refractivity contribution < 1.29 is 17.7 Å². The summed E-state index contributed by atoms with van der Waals surface area (Å²) in [6, 6.07) is 1.91. The van der Waals surface area contributed by atoms with Gasteiger partial charge in [0.05, 0.1) is 17.2 Å². The number of piperidine rings is 1. The lowest BCUT2D eigenvalue weighted by atomic mass is 9.92. The normalized spacial score (nSPS) is 18.7. The van der Waals surface area contributed by atoms with Crippen molar-refractivity contribution in [2.45, 2.75) is 84.1 Å². The number of carbonyl (C=O) groups excluding carboxylic acids is 1. The predicted octanol–water partition coefficient (Wildman–Crippen LogP) is 3.58. The maximum Gasteiger partial charge on any atom is 0.248 e. The summed E-state index contributed by atoms with van der Waals surface area (Å²) in [6.45, 7) is 16.0. The van der Waals surface area contributed by atoms with Gasteiger partial charge in [-0.25, -0.2) is 13.1 Å². The molecule has 3 heterocycles. The van der Waals surface area contributed by atoms with Gasteiger partial charge in [-0.15, -0.1) is 0 Å². The second kappa shape index (κ2) is 8.30. The van der Waals surface area contributed by atoms with Gasteiger partial charge in [0.25, 0.3) is 0 Å². The van der Waals surface area contributed by atoms with E-state index in [1.807, 2.05) is 31.5 Å². The van der Waals surface area contributed by atoms with Crippen LogP contribution in [0.2, 0.25) is 0 Å². The van der Waals surface area contributed by atoms with Crippen LogP contribution in [0.15, 0.2) is 15.5 Å². The molecular formula is C22H35N5O4S. The van der Waals surface area contributed by atoms with E-state index in [-0.39, 0.29) is 34.1 Å². The number of nitrogens with zero attached hydrogens (tertiary/aromatic N) is 4. The van der Waals surface area contributed by atoms with Crippen molar-refractivity contribution in [3.63, 3.8) is 0 Å². The number of amides is 1. The van der Waals surface area contributed by atoms with Crippen LogP contribution in [0.5, 0.6) is 0 Å². The molecule has 1 unspecified atom stereocenters. The molecule has 0 bridgehead atoms. The van der Waals surface area contributed by atoms with Crippen molar-refractivity contribution in [2.24, 2.45) is 5.92 Å². The van der Waals surface area contributed by atoms with Crippen molar-refractivity contribution >= 4 is 21.7 Å². The van der Waals surface area contributed by atoms with Crippen LogP contribution in [-0.4, -0.2) is 46.7 Å². The van der Waals surface area contributed by atoms with E-state index in [1.165, 1.54) is 4.31 Å². The van der Waals surface area contributed by atoms with Gasteiger partial charge < -0.3 is 9.84 Å². The summed E-state index contributed by atoms with van der Waals surface area (Å²) in [4.78, 5) is 13.3. The molecule has 1 atom stereocenters. The first-order valence-corrected chi connectivity index (χ1v) is 12.4. The molecule has 178 valence electrons. The van der Waals surface area contributed by atoms with Crippen molar-refractivity contribution in [2.75, 3.05) is 18.4 Å². The minimum Gasteiger partial charge on any atom is -0.360 e. The molecule has 0 saturated carbocycles. The second-order valence-electron chi connectivity index (χ2n) is 10.6. The maximum absolute atomic E-state index is 13.2. The number of hydrogen-bond acceptors (Lipinski definition) is 6. The maximum atomic E-state index is 13.2. The molecule has 1 aliphatic rings. The van der Waals surface area contributed by atoms with Crippen LogP contribution >= 0.6 is 0 Å². The van der Waals surface area contributed by atoms with Crippen molar-refractivity contribution in [1.82, 2.24) is 19.2 Å². The number of sulfonamides is 1. The average molecular weight is 466 g/mol. The van der Waals surface area contributed by atoms with E-state index in [2.05, 4.69) is 31.2 Å². The first-order chi connectivity index (χ1) is 14.6. The Morgan fingerprint density at radius 1 is 1.19 bits per heavy atom. The van der Waals surface area contributed by atoms with Gasteiger partial charge in [-0.2, -0.15) is 9.40 Å². The Kier molecular flexibility index (Phi) is 6.34. The lowest BCUT2D eigenvalue weighted by Gasteiger charge is -2.31. The number of anilines is 1. The Bertz CT molecular complexity index is 1080. The summed E-state index contributed by atoms with van der Waals surface area (Å²) in [5.74, 6) is 0.228. The van der Waals surface area contributed by atoms with E-state index in [1.54, 1.807) is 13.8 Å². The number of carbonyl (C=O) groups is 1. The Morgan fingerprint density at radius 3 is 2.38 bits per heavy atom. The van der Waals surface area contributed by atoms with Gasteiger partial charge in [-0.05, 0) is 47.5 Å². The van der Waals surface area contributed by atoms with E-state index in [4.69, 9.17) is 9.62 Å². The predicted molar refractivity (Wildman–Crippen MR) is 122 cm³/mol. The first-order valence-electron chi connectivity index (χ1n) is 11.0. The smallest absolute Gasteiger partial charge is 0.248 e. The zero-order valence-electron chi connectivity index (χ0n) is 20.3. The molecule has 2 aromatic heterocycles. The minimum atomic E-state index is -3.79. The van der Waals surface area contributed by atoms with E-state index >= 15 is 0 Å². The highest BCUT2D eigenvalue weighted by Gasteiger charge is 2.37. The first kappa shape index (κ1) is 24.4. The lowest BCUT2D eigenvalue weighted by Crippen LogP contribution is -2.44. The number of aromatic nitrogens is 3. The number of rotatable bonds is 4. The highest BCUT2D eigenvalue weighted by Crippen LogP contribution is 2.31. The van der Waals surface area contributed by atoms with Crippen molar-refractivity contribution in [1.29, 1.82) is 0 Å². The molecule has 1 N–H and O–H groups in total. The van der Waals surface area contributed by atoms with Gasteiger partial charge in [-0.1, -0.05) is 25.9 Å². The number of aryl methyl sites for hydroxylation is 2. The second-order valence-corrected chi connectivity index (χ2v) is 12.5. The third-order valence-corrected chi connectivity index (χ3v) is 7.80. The molecule has 32 heavy (non-hydrogen) atoms. The topological polar surface area (TPSA) is 110 Å². The van der Waals surface area contributed by atoms with Crippen molar-refractivity contribution in [3.8, 4) is 0 Å². The summed E-state index contributed by atoms with van der Waals surface area (Å²) < 4.78 is 34.6. The molecule has 1 amide bonds. The Hall–Kier alpha value is -2.20. The highest BCUT2D eigenvalue weighted by molar-refractivity contribution is 7.89. The summed E-state index contributed by atoms with van der Waals surface area (Å²) in [7, 11) is -3.79. The van der Waals surface area contributed by atoms with Gasteiger partial charge in [-0.3, -0.25) is 4.79 Å². The minimum absolute atomic E-state index is 0.0965. The van der Waals surface area contributed by atoms with Gasteiger partial charge >= 0.3 is 0 Å². The summed E-state index contributed by atoms with van der Waals surface area (Å²) in [6.07, 6.45) is 1.22. The monoisotopic (exact) mass is 465 g/mol. The molecule has 2 aromatic rings. The quantitative estimate of drug-likeness (QED) is 0.739. The number of nitrogens with one attached hydrogen (secondary N) is 1. The summed E-state index contributed by atoms with van der Waals surface area (Å²) in [5.41, 5.74) is 0.726. The molecule has 3 rings (SSSR count). The molecule has 10 heteroatoms. The molecule has 1 fully saturated rings. The largest absolute Gasteiger partial charge is 0.360 e. The third-order valence-electron chi connectivity index (χ3n) is 5.69. The third kappa shape index (κ3) is 4.76. The molecule has 1 aliphatic heterocycles. The van der Waals surface area contributed by atoms with Gasteiger partial charge in [0.15, 0.2) is 5.76 Å². The molecular weight excluding hydrogens is 430 g/mol. The van der Waals surface area contributed by atoms with E-state index in [9.17, 15) is 13.2 Å². The van der Waals surface area contributed by atoms with Crippen LogP contribution in [0.4, 0.5) is 5.82 Å². The van der Waals surface area contributed by atoms with Gasteiger partial charge in [0.1, 0.15) is 16.4 Å². The van der Waals surface area contributed by atoms with Gasteiger partial charge in [0, 0.05) is 24.6 Å². The van der Waals surface area contributed by atoms with E-state index in [0.29, 0.717) is 30.9 Å². The number of hydrogen-bond donors (Lipinski definition) is 1. The van der Waals surface area contributed by atoms with Crippen molar-refractivity contribution in [3.05, 3.63) is 23.2 Å². The summed E-state index contributed by atoms with van der Waals surface area (Å²) >= 11 is 0. The Labute approximate surface area is 190 Å². The van der Waals surface area contributed by atoms with Gasteiger partial charge in [0.2, 0.25) is 15.9 Å². The molecule has 1 saturated heterocycles.